The first-order valence-corrected chi connectivity index (χ1v) is 11.9. The lowest BCUT2D eigenvalue weighted by atomic mass is 10.0. The number of nitrogens with zero attached hydrogens (tertiary/aromatic N) is 1. The lowest BCUT2D eigenvalue weighted by Crippen LogP contribution is -2.48. The topological polar surface area (TPSA) is 92.8 Å². The number of fused-ring (bicyclic) bond motifs is 2. The molecule has 0 saturated heterocycles. The monoisotopic (exact) mass is 474 g/mol. The highest BCUT2D eigenvalue weighted by Gasteiger charge is 2.43. The number of methoxy groups -OCH3 is 1. The van der Waals surface area contributed by atoms with Crippen molar-refractivity contribution in [3.8, 4) is 0 Å². The van der Waals surface area contributed by atoms with Crippen molar-refractivity contribution in [2.75, 3.05) is 12.4 Å². The Morgan fingerprint density at radius 1 is 1.00 bits per heavy atom. The number of thiophene rings is 1. The molecule has 0 unspecified atom stereocenters. The van der Waals surface area contributed by atoms with Crippen LogP contribution in [0.15, 0.2) is 54.6 Å². The lowest BCUT2D eigenvalue weighted by molar-refractivity contribution is -0.119. The summed E-state index contributed by atoms with van der Waals surface area (Å²) in [7, 11) is 1.31. The van der Waals surface area contributed by atoms with Gasteiger partial charge in [0.15, 0.2) is 0 Å². The maximum atomic E-state index is 13.6. The normalized spacial score (nSPS) is 15.1. The van der Waals surface area contributed by atoms with Gasteiger partial charge in [-0.2, -0.15) is 0 Å². The molecule has 1 aliphatic heterocycles. The highest BCUT2D eigenvalue weighted by molar-refractivity contribution is 7.17. The highest BCUT2D eigenvalue weighted by Crippen LogP contribution is 2.40. The van der Waals surface area contributed by atoms with Crippen molar-refractivity contribution >= 4 is 40.0 Å². The zero-order chi connectivity index (χ0) is 23.8. The fourth-order valence-electron chi connectivity index (χ4n) is 4.64. The second kappa shape index (κ2) is 8.87. The van der Waals surface area contributed by atoms with Crippen LogP contribution in [0.3, 0.4) is 0 Å². The quantitative estimate of drug-likeness (QED) is 0.433. The van der Waals surface area contributed by atoms with Crippen molar-refractivity contribution in [3.05, 3.63) is 87.3 Å². The van der Waals surface area contributed by atoms with Crippen LogP contribution < -0.4 is 5.32 Å². The zero-order valence-electron chi connectivity index (χ0n) is 18.5. The Bertz CT molecular complexity index is 1280. The minimum atomic E-state index is -1.09. The van der Waals surface area contributed by atoms with Crippen molar-refractivity contribution in [2.24, 2.45) is 0 Å². The lowest BCUT2D eigenvalue weighted by Gasteiger charge is -2.25. The number of aryl methyl sites for hydroxylation is 1. The van der Waals surface area contributed by atoms with Gasteiger partial charge in [-0.1, -0.05) is 42.5 Å². The molecule has 5 rings (SSSR count). The minimum absolute atomic E-state index is 0.150. The second-order valence-electron chi connectivity index (χ2n) is 8.27. The van der Waals surface area contributed by atoms with E-state index < -0.39 is 29.7 Å². The van der Waals surface area contributed by atoms with Crippen molar-refractivity contribution in [2.45, 2.75) is 31.7 Å². The number of benzene rings is 2. The molecule has 1 aliphatic carbocycles. The van der Waals surface area contributed by atoms with Crippen LogP contribution in [0.2, 0.25) is 0 Å². The molecule has 0 spiro atoms. The van der Waals surface area contributed by atoms with Crippen molar-refractivity contribution in [1.82, 2.24) is 4.90 Å². The molecule has 34 heavy (non-hydrogen) atoms. The van der Waals surface area contributed by atoms with Crippen LogP contribution in [0.5, 0.6) is 0 Å². The average Bonchev–Trinajstić information content (AvgIpc) is 3.50. The van der Waals surface area contributed by atoms with Crippen LogP contribution in [0.1, 0.15) is 53.5 Å². The van der Waals surface area contributed by atoms with E-state index in [4.69, 9.17) is 4.74 Å². The number of nitrogens with one attached hydrogen (secondary N) is 1. The maximum Gasteiger partial charge on any atom is 0.341 e. The molecule has 3 aromatic rings. The maximum absolute atomic E-state index is 13.6. The van der Waals surface area contributed by atoms with Crippen LogP contribution in [0, 0.1) is 0 Å². The molecule has 172 valence electrons. The predicted octanol–water partition coefficient (Wildman–Crippen LogP) is 3.87. The Morgan fingerprint density at radius 2 is 1.65 bits per heavy atom. The van der Waals surface area contributed by atoms with Gasteiger partial charge in [0.05, 0.1) is 23.8 Å². The molecule has 1 N–H and O–H groups in total. The smallest absolute Gasteiger partial charge is 0.341 e. The van der Waals surface area contributed by atoms with Gasteiger partial charge < -0.3 is 10.1 Å². The van der Waals surface area contributed by atoms with Gasteiger partial charge in [0, 0.05) is 11.3 Å². The fourth-order valence-corrected chi connectivity index (χ4v) is 5.92. The van der Waals surface area contributed by atoms with Crippen molar-refractivity contribution in [3.63, 3.8) is 0 Å². The van der Waals surface area contributed by atoms with E-state index in [2.05, 4.69) is 5.32 Å². The van der Waals surface area contributed by atoms with Gasteiger partial charge in [0.25, 0.3) is 11.8 Å². The Balaban J connectivity index is 1.51. The summed E-state index contributed by atoms with van der Waals surface area (Å²) >= 11 is 1.35. The summed E-state index contributed by atoms with van der Waals surface area (Å²) < 4.78 is 4.97. The van der Waals surface area contributed by atoms with Crippen LogP contribution in [-0.2, 0) is 28.8 Å². The van der Waals surface area contributed by atoms with E-state index in [0.717, 1.165) is 40.2 Å². The van der Waals surface area contributed by atoms with Gasteiger partial charge in [0.1, 0.15) is 11.0 Å². The molecule has 2 heterocycles. The Labute approximate surface area is 200 Å². The fraction of sp³-hybridized carbons (Fsp3) is 0.231. The first-order valence-electron chi connectivity index (χ1n) is 11.0. The number of anilines is 1. The highest BCUT2D eigenvalue weighted by atomic mass is 32.1. The summed E-state index contributed by atoms with van der Waals surface area (Å²) in [6.07, 6.45) is 2.69. The van der Waals surface area contributed by atoms with E-state index in [-0.39, 0.29) is 17.5 Å². The third-order valence-electron chi connectivity index (χ3n) is 6.26. The number of amides is 3. The van der Waals surface area contributed by atoms with Gasteiger partial charge in [0.2, 0.25) is 5.91 Å². The van der Waals surface area contributed by atoms with Crippen LogP contribution in [0.4, 0.5) is 5.00 Å². The summed E-state index contributed by atoms with van der Waals surface area (Å²) in [5.41, 5.74) is 2.65. The van der Waals surface area contributed by atoms with Crippen LogP contribution in [0.25, 0.3) is 0 Å². The number of ether oxygens (including phenoxy) is 1. The number of carbonyl (C=O) groups excluding carboxylic acids is 4. The first kappa shape index (κ1) is 22.0. The molecule has 0 radical (unpaired) electrons. The number of rotatable bonds is 6. The van der Waals surface area contributed by atoms with Crippen LogP contribution in [-0.4, -0.2) is 41.7 Å². The first-order chi connectivity index (χ1) is 16.5. The van der Waals surface area contributed by atoms with E-state index in [1.165, 1.54) is 18.4 Å². The number of hydrogen-bond donors (Lipinski definition) is 1. The van der Waals surface area contributed by atoms with Gasteiger partial charge in [-0.05, 0) is 42.5 Å². The molecule has 8 heteroatoms. The molecule has 0 saturated carbocycles. The molecule has 1 atom stereocenters. The second-order valence-corrected chi connectivity index (χ2v) is 9.38. The van der Waals surface area contributed by atoms with E-state index >= 15 is 0 Å². The van der Waals surface area contributed by atoms with E-state index in [1.807, 2.05) is 30.3 Å². The van der Waals surface area contributed by atoms with Gasteiger partial charge in [-0.25, -0.2) is 4.79 Å². The van der Waals surface area contributed by atoms with E-state index in [0.29, 0.717) is 10.6 Å². The average molecular weight is 475 g/mol. The molecule has 1 aromatic heterocycles. The number of esters is 1. The summed E-state index contributed by atoms with van der Waals surface area (Å²) in [6.45, 7) is 0. The van der Waals surface area contributed by atoms with E-state index in [1.54, 1.807) is 24.3 Å². The predicted molar refractivity (Wildman–Crippen MR) is 127 cm³/mol. The molecule has 0 fully saturated rings. The third-order valence-corrected chi connectivity index (χ3v) is 7.47. The molecule has 2 aliphatic rings. The molecular weight excluding hydrogens is 452 g/mol. The number of imide groups is 1. The van der Waals surface area contributed by atoms with Gasteiger partial charge in [-0.3, -0.25) is 19.3 Å². The summed E-state index contributed by atoms with van der Waals surface area (Å²) in [4.78, 5) is 54.6. The SMILES string of the molecule is COC(=O)c1c(NC(=O)[C@H](Cc2ccccc2)N2C(=O)c3ccccc3C2=O)sc2c1CCC2. The molecule has 2 aromatic carbocycles. The van der Waals surface area contributed by atoms with Gasteiger partial charge >= 0.3 is 5.97 Å². The minimum Gasteiger partial charge on any atom is -0.465 e. The Morgan fingerprint density at radius 3 is 2.29 bits per heavy atom. The molecule has 0 bridgehead atoms. The number of carbonyl (C=O) groups is 4. The molecule has 3 amide bonds. The van der Waals surface area contributed by atoms with E-state index in [9.17, 15) is 19.2 Å². The van der Waals surface area contributed by atoms with Crippen molar-refractivity contribution in [1.29, 1.82) is 0 Å². The number of hydrogen-bond acceptors (Lipinski definition) is 6. The van der Waals surface area contributed by atoms with Gasteiger partial charge in [-0.15, -0.1) is 11.3 Å². The van der Waals surface area contributed by atoms with Crippen LogP contribution >= 0.6 is 11.3 Å². The summed E-state index contributed by atoms with van der Waals surface area (Å²) in [6, 6.07) is 14.7. The standard InChI is InChI=1S/C26H22N2O5S/c1-33-26(32)21-18-12-7-13-20(18)34-23(21)27-22(29)19(14-15-8-3-2-4-9-15)28-24(30)16-10-5-6-11-17(16)25(28)31/h2-6,8-11,19H,7,12-14H2,1H3,(H,27,29)/t19-/m0/s1. The van der Waals surface area contributed by atoms with Crippen molar-refractivity contribution < 1.29 is 23.9 Å². The molecule has 7 nitrogen and oxygen atoms in total. The Hall–Kier alpha value is -3.78. The largest absolute Gasteiger partial charge is 0.465 e. The summed E-state index contributed by atoms with van der Waals surface area (Å²) in [5.74, 6) is -2.03. The Kier molecular flexibility index (Phi) is 5.75. The molecular formula is C26H22N2O5S. The third kappa shape index (κ3) is 3.70. The summed E-state index contributed by atoms with van der Waals surface area (Å²) in [5, 5.41) is 3.25. The zero-order valence-corrected chi connectivity index (χ0v) is 19.3.